The summed E-state index contributed by atoms with van der Waals surface area (Å²) in [6.45, 7) is 7.00. The van der Waals surface area contributed by atoms with E-state index in [4.69, 9.17) is 4.98 Å². The number of rotatable bonds is 10. The van der Waals surface area contributed by atoms with E-state index in [1.54, 1.807) is 0 Å². The zero-order valence-electron chi connectivity index (χ0n) is 26.3. The number of carboxylic acid groups (broad SMARTS) is 1. The molecule has 1 aliphatic carbocycles. The molecule has 1 unspecified atom stereocenters. The van der Waals surface area contributed by atoms with Crippen LogP contribution in [0.5, 0.6) is 0 Å². The monoisotopic (exact) mass is 604 g/mol. The number of aromatic nitrogens is 1. The molecule has 6 rings (SSSR count). The van der Waals surface area contributed by atoms with Crippen LogP contribution in [0.2, 0.25) is 0 Å². The van der Waals surface area contributed by atoms with Gasteiger partial charge in [0.15, 0.2) is 0 Å². The van der Waals surface area contributed by atoms with Crippen LogP contribution in [0.3, 0.4) is 0 Å². The Bertz CT molecular complexity index is 1600. The summed E-state index contributed by atoms with van der Waals surface area (Å²) in [6, 6.07) is 28.1. The number of carboxylic acids is 1. The van der Waals surface area contributed by atoms with Crippen molar-refractivity contribution in [3.05, 3.63) is 102 Å². The molecule has 1 amide bonds. The normalized spacial score (nSPS) is 17.3. The highest BCUT2D eigenvalue weighted by Crippen LogP contribution is 2.34. The van der Waals surface area contributed by atoms with Gasteiger partial charge in [0.2, 0.25) is 0 Å². The largest absolute Gasteiger partial charge is 0.481 e. The second-order valence-corrected chi connectivity index (χ2v) is 12.5. The molecule has 45 heavy (non-hydrogen) atoms. The SMILES string of the molecule is CCN(C(=O)c1c(CN2CCN(CC(C(=O)O)c3ccccc3)CC2)c(-c2ccccc2)nc2ccccc12)C1CCCCC1. The maximum absolute atomic E-state index is 14.7. The summed E-state index contributed by atoms with van der Waals surface area (Å²) in [5.41, 5.74) is 5.33. The molecule has 0 spiro atoms. The molecule has 3 aromatic carbocycles. The minimum absolute atomic E-state index is 0.112. The van der Waals surface area contributed by atoms with Crippen LogP contribution < -0.4 is 0 Å². The summed E-state index contributed by atoms with van der Waals surface area (Å²) >= 11 is 0. The molecule has 1 N–H and O–H groups in total. The fourth-order valence-electron chi connectivity index (χ4n) is 7.21. The average molecular weight is 605 g/mol. The van der Waals surface area contributed by atoms with E-state index in [-0.39, 0.29) is 11.9 Å². The first kappa shape index (κ1) is 30.9. The van der Waals surface area contributed by atoms with E-state index >= 15 is 0 Å². The molecule has 0 bridgehead atoms. The Hall–Kier alpha value is -4.07. The number of amides is 1. The number of pyridine rings is 1. The van der Waals surface area contributed by atoms with Gasteiger partial charge in [-0.05, 0) is 31.4 Å². The fourth-order valence-corrected chi connectivity index (χ4v) is 7.21. The minimum Gasteiger partial charge on any atom is -0.481 e. The van der Waals surface area contributed by atoms with E-state index in [2.05, 4.69) is 39.8 Å². The molecule has 234 valence electrons. The van der Waals surface area contributed by atoms with Crippen molar-refractivity contribution in [2.45, 2.75) is 57.5 Å². The number of carbonyl (C=O) groups excluding carboxylic acids is 1. The number of piperazine rings is 1. The first-order valence-electron chi connectivity index (χ1n) is 16.5. The van der Waals surface area contributed by atoms with E-state index < -0.39 is 11.9 Å². The van der Waals surface area contributed by atoms with Crippen LogP contribution in [0.1, 0.15) is 66.4 Å². The molecule has 2 fully saturated rings. The standard InChI is InChI=1S/C38H44N4O3/c1-2-42(30-18-10-5-11-19-30)37(43)35-31-20-12-13-21-34(31)39-36(29-16-8-4-9-17-29)33(35)27-41-24-22-40(23-25-41)26-32(38(44)45)28-14-6-3-7-15-28/h3-4,6-9,12-17,20-21,30,32H,2,5,10-11,18-19,22-27H2,1H3,(H,44,45). The number of carbonyl (C=O) groups is 2. The lowest BCUT2D eigenvalue weighted by atomic mass is 9.91. The van der Waals surface area contributed by atoms with E-state index in [9.17, 15) is 14.7 Å². The van der Waals surface area contributed by atoms with Crippen molar-refractivity contribution in [3.63, 3.8) is 0 Å². The van der Waals surface area contributed by atoms with Crippen molar-refractivity contribution in [2.24, 2.45) is 0 Å². The van der Waals surface area contributed by atoms with Gasteiger partial charge in [-0.1, -0.05) is 98.1 Å². The summed E-state index contributed by atoms with van der Waals surface area (Å²) in [7, 11) is 0. The van der Waals surface area contributed by atoms with Crippen molar-refractivity contribution in [3.8, 4) is 11.3 Å². The average Bonchev–Trinajstić information content (AvgIpc) is 3.09. The van der Waals surface area contributed by atoms with Crippen LogP contribution in [-0.4, -0.2) is 82.0 Å². The van der Waals surface area contributed by atoms with Gasteiger partial charge >= 0.3 is 5.97 Å². The van der Waals surface area contributed by atoms with Crippen LogP contribution in [0, 0.1) is 0 Å². The quantitative estimate of drug-likeness (QED) is 0.218. The maximum Gasteiger partial charge on any atom is 0.312 e. The molecule has 1 saturated carbocycles. The lowest BCUT2D eigenvalue weighted by Crippen LogP contribution is -2.48. The third-order valence-corrected chi connectivity index (χ3v) is 9.66. The van der Waals surface area contributed by atoms with Crippen molar-refractivity contribution in [1.29, 1.82) is 0 Å². The highest BCUT2D eigenvalue weighted by molar-refractivity contribution is 6.09. The molecule has 7 nitrogen and oxygen atoms in total. The van der Waals surface area contributed by atoms with Gasteiger partial charge in [0.05, 0.1) is 22.7 Å². The number of aliphatic carboxylic acids is 1. The predicted octanol–water partition coefficient (Wildman–Crippen LogP) is 6.68. The molecular formula is C38H44N4O3. The van der Waals surface area contributed by atoms with E-state index in [1.165, 1.54) is 19.3 Å². The maximum atomic E-state index is 14.7. The molecule has 4 aromatic rings. The number of nitrogens with zero attached hydrogens (tertiary/aromatic N) is 4. The highest BCUT2D eigenvalue weighted by atomic mass is 16.4. The number of hydrogen-bond donors (Lipinski definition) is 1. The zero-order chi connectivity index (χ0) is 31.2. The Morgan fingerprint density at radius 3 is 2.13 bits per heavy atom. The van der Waals surface area contributed by atoms with E-state index in [0.717, 1.165) is 77.9 Å². The molecule has 7 heteroatoms. The zero-order valence-corrected chi connectivity index (χ0v) is 26.3. The molecule has 1 aliphatic heterocycles. The first-order valence-corrected chi connectivity index (χ1v) is 16.5. The third-order valence-electron chi connectivity index (χ3n) is 9.66. The first-order chi connectivity index (χ1) is 22.0. The third kappa shape index (κ3) is 6.95. The number of benzene rings is 3. The predicted molar refractivity (Wildman–Crippen MR) is 179 cm³/mol. The lowest BCUT2D eigenvalue weighted by molar-refractivity contribution is -0.139. The Kier molecular flexibility index (Phi) is 9.87. The molecular weight excluding hydrogens is 560 g/mol. The molecule has 1 saturated heterocycles. The Labute approximate surface area is 266 Å². The minimum atomic E-state index is -0.792. The van der Waals surface area contributed by atoms with Crippen molar-refractivity contribution in [1.82, 2.24) is 19.7 Å². The van der Waals surface area contributed by atoms with E-state index in [0.29, 0.717) is 19.6 Å². The molecule has 2 aliphatic rings. The van der Waals surface area contributed by atoms with Crippen LogP contribution in [0.4, 0.5) is 0 Å². The van der Waals surface area contributed by atoms with Crippen molar-refractivity contribution in [2.75, 3.05) is 39.3 Å². The second kappa shape index (κ2) is 14.4. The molecule has 1 atom stereocenters. The van der Waals surface area contributed by atoms with Gasteiger partial charge < -0.3 is 10.0 Å². The summed E-state index contributed by atoms with van der Waals surface area (Å²) in [6.07, 6.45) is 5.71. The van der Waals surface area contributed by atoms with Gasteiger partial charge in [0, 0.05) is 68.4 Å². The van der Waals surface area contributed by atoms with Gasteiger partial charge in [-0.2, -0.15) is 0 Å². The summed E-state index contributed by atoms with van der Waals surface area (Å²) in [4.78, 5) is 38.9. The van der Waals surface area contributed by atoms with Gasteiger partial charge in [0.1, 0.15) is 0 Å². The Morgan fingerprint density at radius 2 is 1.47 bits per heavy atom. The van der Waals surface area contributed by atoms with Gasteiger partial charge in [0.25, 0.3) is 5.91 Å². The van der Waals surface area contributed by atoms with Crippen LogP contribution in [0.15, 0.2) is 84.9 Å². The Morgan fingerprint density at radius 1 is 0.844 bits per heavy atom. The van der Waals surface area contributed by atoms with Crippen LogP contribution in [0.25, 0.3) is 22.2 Å². The summed E-state index contributed by atoms with van der Waals surface area (Å²) < 4.78 is 0. The fraction of sp³-hybridized carbons (Fsp3) is 0.395. The van der Waals surface area contributed by atoms with Crippen molar-refractivity contribution < 1.29 is 14.7 Å². The lowest BCUT2D eigenvalue weighted by Gasteiger charge is -2.37. The summed E-state index contributed by atoms with van der Waals surface area (Å²) in [5, 5.41) is 10.9. The highest BCUT2D eigenvalue weighted by Gasteiger charge is 2.31. The Balaban J connectivity index is 1.32. The molecule has 0 radical (unpaired) electrons. The second-order valence-electron chi connectivity index (χ2n) is 12.5. The van der Waals surface area contributed by atoms with Gasteiger partial charge in [-0.15, -0.1) is 0 Å². The summed E-state index contributed by atoms with van der Waals surface area (Å²) in [5.74, 6) is -1.24. The van der Waals surface area contributed by atoms with Crippen LogP contribution >= 0.6 is 0 Å². The topological polar surface area (TPSA) is 77.0 Å². The van der Waals surface area contributed by atoms with Gasteiger partial charge in [-0.3, -0.25) is 19.4 Å². The number of hydrogen-bond acceptors (Lipinski definition) is 5. The molecule has 2 heterocycles. The number of fused-ring (bicyclic) bond motifs is 1. The van der Waals surface area contributed by atoms with Crippen LogP contribution in [-0.2, 0) is 11.3 Å². The van der Waals surface area contributed by atoms with Gasteiger partial charge in [-0.25, -0.2) is 4.98 Å². The van der Waals surface area contributed by atoms with E-state index in [1.807, 2.05) is 66.7 Å². The smallest absolute Gasteiger partial charge is 0.312 e. The van der Waals surface area contributed by atoms with Crippen molar-refractivity contribution >= 4 is 22.8 Å². The number of para-hydroxylation sites is 1. The molecule has 1 aromatic heterocycles.